The fourth-order valence-corrected chi connectivity index (χ4v) is 12.8. The van der Waals surface area contributed by atoms with Gasteiger partial charge in [-0.05, 0) is 135 Å². The van der Waals surface area contributed by atoms with Gasteiger partial charge in [0, 0.05) is 94.0 Å². The third-order valence-electron chi connectivity index (χ3n) is 17.1. The Kier molecular flexibility index (Phi) is 12.3. The van der Waals surface area contributed by atoms with Gasteiger partial charge < -0.3 is 29.6 Å². The first-order valence-electron chi connectivity index (χ1n) is 26.2. The number of anilines is 3. The molecule has 3 aromatic carbocycles. The molecule has 1 atom stereocenters. The van der Waals surface area contributed by atoms with Crippen molar-refractivity contribution in [3.05, 3.63) is 65.6 Å². The van der Waals surface area contributed by atoms with Crippen molar-refractivity contribution in [2.75, 3.05) is 93.4 Å². The van der Waals surface area contributed by atoms with Gasteiger partial charge in [0.2, 0.25) is 5.91 Å². The van der Waals surface area contributed by atoms with Gasteiger partial charge in [-0.3, -0.25) is 30.0 Å². The van der Waals surface area contributed by atoms with Crippen LogP contribution in [0.25, 0.3) is 43.8 Å². The van der Waals surface area contributed by atoms with Crippen LogP contribution in [0.5, 0.6) is 11.8 Å². The van der Waals surface area contributed by atoms with Crippen LogP contribution >= 0.6 is 0 Å². The van der Waals surface area contributed by atoms with Crippen molar-refractivity contribution < 1.29 is 37.7 Å². The molecule has 1 spiro atoms. The largest absolute Gasteiger partial charge is 0.508 e. The number of benzene rings is 3. The van der Waals surface area contributed by atoms with Gasteiger partial charge in [-0.15, -0.1) is 0 Å². The molecule has 3 amide bonds. The first-order chi connectivity index (χ1) is 35.4. The summed E-state index contributed by atoms with van der Waals surface area (Å²) in [7, 11) is 0. The van der Waals surface area contributed by atoms with Crippen molar-refractivity contribution in [1.29, 1.82) is 0 Å². The lowest BCUT2D eigenvalue weighted by Gasteiger charge is -2.56. The minimum Gasteiger partial charge on any atom is -0.508 e. The van der Waals surface area contributed by atoms with E-state index >= 15 is 13.2 Å². The second-order valence-electron chi connectivity index (χ2n) is 21.8. The second-order valence-corrected chi connectivity index (χ2v) is 21.8. The first kappa shape index (κ1) is 47.7. The number of imide groups is 1. The number of hydrogen-bond acceptors (Lipinski definition) is 13. The number of aromatic nitrogens is 5. The molecule has 19 heteroatoms. The molecule has 6 fully saturated rings. The number of aryl methyl sites for hydroxylation is 1. The van der Waals surface area contributed by atoms with E-state index in [-0.39, 0.29) is 71.2 Å². The number of urea groups is 1. The molecular weight excluding hydrogens is 940 g/mol. The summed E-state index contributed by atoms with van der Waals surface area (Å²) in [5.41, 5.74) is 2.15. The van der Waals surface area contributed by atoms with Gasteiger partial charge in [0.25, 0.3) is 0 Å². The molecule has 384 valence electrons. The number of amides is 3. The highest BCUT2D eigenvalue weighted by Crippen LogP contribution is 2.53. The maximum Gasteiger partial charge on any atom is 0.329 e. The Morgan fingerprint density at radius 3 is 2.44 bits per heavy atom. The van der Waals surface area contributed by atoms with Gasteiger partial charge in [0.1, 0.15) is 34.4 Å². The molecule has 6 aliphatic rings. The number of hydrogen-bond donors (Lipinski definition) is 4. The predicted molar refractivity (Wildman–Crippen MR) is 272 cm³/mol. The zero-order valence-electron chi connectivity index (χ0n) is 41.2. The lowest BCUT2D eigenvalue weighted by atomic mass is 9.60. The van der Waals surface area contributed by atoms with Gasteiger partial charge in [0.05, 0.1) is 23.2 Å². The number of piperazine rings is 1. The molecule has 3 aromatic heterocycles. The minimum absolute atomic E-state index is 0.0380. The van der Waals surface area contributed by atoms with Crippen LogP contribution in [-0.4, -0.2) is 142 Å². The molecule has 0 unspecified atom stereocenters. The molecule has 4 saturated heterocycles. The summed E-state index contributed by atoms with van der Waals surface area (Å²) in [5.74, 6) is -0.785. The highest BCUT2D eigenvalue weighted by atomic mass is 19.1. The summed E-state index contributed by atoms with van der Waals surface area (Å²) >= 11 is 0. The lowest BCUT2D eigenvalue weighted by molar-refractivity contribution is -0.120. The summed E-state index contributed by atoms with van der Waals surface area (Å²) in [6, 6.07) is 9.20. The summed E-state index contributed by atoms with van der Waals surface area (Å²) in [6.45, 7) is 9.95. The number of fused-ring (bicyclic) bond motifs is 3. The average molecular weight is 1000 g/mol. The number of H-pyrrole nitrogens is 1. The van der Waals surface area contributed by atoms with Crippen molar-refractivity contribution in [2.24, 2.45) is 16.7 Å². The fourth-order valence-electron chi connectivity index (χ4n) is 12.8. The topological polar surface area (TPSA) is 179 Å². The van der Waals surface area contributed by atoms with Gasteiger partial charge in [-0.2, -0.15) is 15.1 Å². The van der Waals surface area contributed by atoms with E-state index in [0.29, 0.717) is 107 Å². The maximum absolute atomic E-state index is 17.2. The lowest BCUT2D eigenvalue weighted by Crippen LogP contribution is -2.59. The van der Waals surface area contributed by atoms with Crippen LogP contribution in [0.1, 0.15) is 76.7 Å². The van der Waals surface area contributed by atoms with Crippen LogP contribution in [0.4, 0.5) is 35.3 Å². The van der Waals surface area contributed by atoms with Crippen LogP contribution < -0.4 is 24.8 Å². The summed E-state index contributed by atoms with van der Waals surface area (Å²) in [5, 5.41) is 32.1. The third-order valence-corrected chi connectivity index (χ3v) is 17.1. The number of aliphatic hydroxyl groups excluding tert-OH is 1. The number of halogens is 3. The molecule has 0 radical (unpaired) electrons. The minimum atomic E-state index is -0.695. The molecule has 73 heavy (non-hydrogen) atoms. The quantitative estimate of drug-likeness (QED) is 0.0887. The number of phenolic OH excluding ortho intramolecular Hbond substituents is 1. The van der Waals surface area contributed by atoms with E-state index in [2.05, 4.69) is 40.1 Å². The number of carbonyl (C=O) groups excluding carboxylic acids is 2. The Hall–Kier alpha value is -6.31. The first-order valence-corrected chi connectivity index (χ1v) is 26.2. The van der Waals surface area contributed by atoms with E-state index in [0.717, 1.165) is 71.2 Å². The number of aromatic hydroxyl groups is 1. The molecular formula is C54H62F3N11O5. The highest BCUT2D eigenvalue weighted by Gasteiger charge is 2.51. The Morgan fingerprint density at radius 2 is 1.68 bits per heavy atom. The Bertz CT molecular complexity index is 3120. The van der Waals surface area contributed by atoms with Crippen LogP contribution in [0, 0.1) is 34.2 Å². The number of pyridine rings is 1. The number of phenols is 1. The van der Waals surface area contributed by atoms with Gasteiger partial charge in [-0.25, -0.2) is 18.0 Å². The predicted octanol–water partition coefficient (Wildman–Crippen LogP) is 7.68. The fraction of sp³-hybridized carbons (Fsp3) is 0.519. The van der Waals surface area contributed by atoms with Crippen molar-refractivity contribution in [3.63, 3.8) is 0 Å². The summed E-state index contributed by atoms with van der Waals surface area (Å²) < 4.78 is 54.7. The van der Waals surface area contributed by atoms with Crippen molar-refractivity contribution in [1.82, 2.24) is 40.3 Å². The van der Waals surface area contributed by atoms with Crippen molar-refractivity contribution >= 4 is 61.8 Å². The normalized spacial score (nSPS) is 21.7. The molecule has 6 aromatic rings. The Labute approximate surface area is 420 Å². The van der Waals surface area contributed by atoms with Gasteiger partial charge in [0.15, 0.2) is 11.6 Å². The highest BCUT2D eigenvalue weighted by molar-refractivity contribution is 6.09. The standard InChI is InChI=1S/C54H62F3N11O5/c1-2-36-40(55)6-5-33-22-35(70)23-38(45(33)36)47-46(57)48-39(28-58-47)49(67-13-3-4-32(29-67)8-21-69)61-51(60-48)73-31-54(9-10-54)30-64-15-11-53(12-16-64)26-34(27-53)65-17-19-66(20-18-65)43-25-42-37(24-41(43)56)50(63-62-42)68-14-7-44(71)59-52(68)72/h5-6,22-25,28,32,34,69-70H,2-4,7-21,26-27,29-31H2,1H3,(H,62,63)(H,59,71,72)/t32-/m1/s1. The van der Waals surface area contributed by atoms with Crippen LogP contribution in [0.2, 0.25) is 0 Å². The number of aliphatic hydroxyl groups is 1. The third kappa shape index (κ3) is 8.94. The second kappa shape index (κ2) is 18.9. The number of aromatic amines is 1. The molecule has 2 saturated carbocycles. The smallest absolute Gasteiger partial charge is 0.329 e. The SMILES string of the molecule is CCc1c(F)ccc2cc(O)cc(-c3ncc4c(N5CCC[C@H](CCO)C5)nc(OCC5(CN6CCC7(CC6)CC(N6CCN(c8cc9[nH]nc(N%10CCC(=O)NC%10=O)c9cc8F)CC6)C7)CC5)nc4c3F)c12. The molecule has 4 aliphatic heterocycles. The van der Waals surface area contributed by atoms with Gasteiger partial charge >= 0.3 is 12.0 Å². The average Bonchev–Trinajstić information content (AvgIpc) is 4.03. The Morgan fingerprint density at radius 1 is 0.877 bits per heavy atom. The van der Waals surface area contributed by atoms with Crippen LogP contribution in [-0.2, 0) is 11.2 Å². The zero-order valence-corrected chi connectivity index (χ0v) is 41.2. The number of likely N-dealkylation sites (tertiary alicyclic amines) is 1. The molecule has 7 heterocycles. The van der Waals surface area contributed by atoms with Gasteiger partial charge in [-0.1, -0.05) is 13.0 Å². The number of piperidine rings is 2. The van der Waals surface area contributed by atoms with E-state index in [9.17, 15) is 19.8 Å². The molecule has 2 aliphatic carbocycles. The number of carbonyl (C=O) groups is 2. The van der Waals surface area contributed by atoms with Crippen molar-refractivity contribution in [2.45, 2.75) is 83.6 Å². The molecule has 16 nitrogen and oxygen atoms in total. The molecule has 4 N–H and O–H groups in total. The van der Waals surface area contributed by atoms with E-state index < -0.39 is 17.7 Å². The summed E-state index contributed by atoms with van der Waals surface area (Å²) in [6.07, 6.45) is 11.3. The van der Waals surface area contributed by atoms with E-state index in [1.54, 1.807) is 24.4 Å². The Balaban J connectivity index is 0.688. The number of rotatable bonds is 13. The van der Waals surface area contributed by atoms with E-state index in [1.807, 2.05) is 6.92 Å². The maximum atomic E-state index is 17.2. The number of nitrogens with zero attached hydrogens (tertiary/aromatic N) is 9. The number of nitrogens with one attached hydrogen (secondary N) is 2. The van der Waals surface area contributed by atoms with E-state index in [1.165, 1.54) is 35.9 Å². The monoisotopic (exact) mass is 1000 g/mol. The van der Waals surface area contributed by atoms with Crippen molar-refractivity contribution in [3.8, 4) is 23.0 Å². The number of ether oxygens (including phenoxy) is 1. The van der Waals surface area contributed by atoms with Crippen LogP contribution in [0.15, 0.2) is 42.6 Å². The molecule has 0 bridgehead atoms. The molecule has 12 rings (SSSR count). The summed E-state index contributed by atoms with van der Waals surface area (Å²) in [4.78, 5) is 49.2. The zero-order chi connectivity index (χ0) is 50.2. The van der Waals surface area contributed by atoms with E-state index in [4.69, 9.17) is 14.7 Å². The van der Waals surface area contributed by atoms with Crippen LogP contribution in [0.3, 0.4) is 0 Å².